The van der Waals surface area contributed by atoms with E-state index in [1.165, 1.54) is 11.8 Å². The van der Waals surface area contributed by atoms with E-state index in [4.69, 9.17) is 22.6 Å². The van der Waals surface area contributed by atoms with Crippen LogP contribution in [0, 0.1) is 11.3 Å². The first kappa shape index (κ1) is 11.8. The molecule has 0 fully saturated rings. The maximum Gasteiger partial charge on any atom is 0.101 e. The van der Waals surface area contributed by atoms with Crippen LogP contribution in [0.15, 0.2) is 52.3 Å². The lowest BCUT2D eigenvalue weighted by molar-refractivity contribution is 1.38. The average Bonchev–Trinajstić information content (AvgIpc) is 2.35. The summed E-state index contributed by atoms with van der Waals surface area (Å²) in [5.74, 6) is 0. The summed E-state index contributed by atoms with van der Waals surface area (Å²) in [6.07, 6.45) is 0. The molecular weight excluding hydrogens is 252 g/mol. The quantitative estimate of drug-likeness (QED) is 0.832. The monoisotopic (exact) mass is 260 g/mol. The van der Waals surface area contributed by atoms with Crippen molar-refractivity contribution in [1.29, 1.82) is 5.26 Å². The second-order valence-electron chi connectivity index (χ2n) is 3.39. The maximum atomic E-state index is 8.89. The van der Waals surface area contributed by atoms with Gasteiger partial charge in [-0.25, -0.2) is 0 Å². The summed E-state index contributed by atoms with van der Waals surface area (Å²) < 4.78 is 0. The summed E-state index contributed by atoms with van der Waals surface area (Å²) in [5, 5.41) is 9.59. The highest BCUT2D eigenvalue weighted by Gasteiger charge is 2.05. The summed E-state index contributed by atoms with van der Waals surface area (Å²) >= 11 is 7.33. The van der Waals surface area contributed by atoms with Gasteiger partial charge < -0.3 is 5.73 Å². The van der Waals surface area contributed by atoms with Crippen molar-refractivity contribution in [2.45, 2.75) is 9.79 Å². The van der Waals surface area contributed by atoms with Crippen molar-refractivity contribution >= 4 is 29.1 Å². The van der Waals surface area contributed by atoms with Crippen molar-refractivity contribution in [3.05, 3.63) is 53.1 Å². The molecule has 0 aromatic heterocycles. The van der Waals surface area contributed by atoms with Gasteiger partial charge in [-0.15, -0.1) is 0 Å². The van der Waals surface area contributed by atoms with E-state index >= 15 is 0 Å². The average molecular weight is 261 g/mol. The maximum absolute atomic E-state index is 8.89. The van der Waals surface area contributed by atoms with Crippen LogP contribution in [-0.4, -0.2) is 0 Å². The fourth-order valence-corrected chi connectivity index (χ4v) is 2.38. The number of benzene rings is 2. The Hall–Kier alpha value is -1.63. The van der Waals surface area contributed by atoms with Crippen LogP contribution in [0.25, 0.3) is 0 Å². The van der Waals surface area contributed by atoms with Gasteiger partial charge in [-0.05, 0) is 36.4 Å². The van der Waals surface area contributed by atoms with Crippen molar-refractivity contribution in [3.8, 4) is 6.07 Å². The van der Waals surface area contributed by atoms with Gasteiger partial charge in [0.2, 0.25) is 0 Å². The summed E-state index contributed by atoms with van der Waals surface area (Å²) in [7, 11) is 0. The minimum absolute atomic E-state index is 0.504. The normalized spacial score (nSPS) is 9.88. The largest absolute Gasteiger partial charge is 0.397 e. The van der Waals surface area contributed by atoms with Gasteiger partial charge in [-0.3, -0.25) is 0 Å². The topological polar surface area (TPSA) is 49.8 Å². The molecule has 0 saturated heterocycles. The van der Waals surface area contributed by atoms with Crippen LogP contribution in [0.2, 0.25) is 5.02 Å². The SMILES string of the molecule is N#Cc1cccc(Sc2ccc(Cl)cc2)c1N. The Balaban J connectivity index is 2.31. The summed E-state index contributed by atoms with van der Waals surface area (Å²) in [5.41, 5.74) is 6.93. The Kier molecular flexibility index (Phi) is 3.58. The van der Waals surface area contributed by atoms with Crippen molar-refractivity contribution < 1.29 is 0 Å². The molecule has 0 heterocycles. The van der Waals surface area contributed by atoms with Crippen LogP contribution in [0.4, 0.5) is 5.69 Å². The Bertz CT molecular complexity index is 573. The van der Waals surface area contributed by atoms with Crippen molar-refractivity contribution in [2.24, 2.45) is 0 Å². The van der Waals surface area contributed by atoms with Crippen molar-refractivity contribution in [2.75, 3.05) is 5.73 Å². The van der Waals surface area contributed by atoms with Gasteiger partial charge in [0.15, 0.2) is 0 Å². The number of nitrogens with zero attached hydrogens (tertiary/aromatic N) is 1. The predicted molar refractivity (Wildman–Crippen MR) is 71.1 cm³/mol. The molecule has 0 atom stereocenters. The van der Waals surface area contributed by atoms with Gasteiger partial charge in [0, 0.05) is 14.8 Å². The molecule has 2 N–H and O–H groups in total. The van der Waals surface area contributed by atoms with Crippen molar-refractivity contribution in [1.82, 2.24) is 0 Å². The molecule has 0 bridgehead atoms. The lowest BCUT2D eigenvalue weighted by atomic mass is 10.2. The standard InChI is InChI=1S/C13H9ClN2S/c14-10-4-6-11(7-5-10)17-12-3-1-2-9(8-15)13(12)16/h1-7H,16H2. The predicted octanol–water partition coefficient (Wildman–Crippen LogP) is 3.95. The van der Waals surface area contributed by atoms with E-state index < -0.39 is 0 Å². The fourth-order valence-electron chi connectivity index (χ4n) is 1.36. The van der Waals surface area contributed by atoms with Crippen LogP contribution >= 0.6 is 23.4 Å². The molecule has 0 saturated carbocycles. The molecule has 0 aliphatic carbocycles. The number of nitrogens with two attached hydrogens (primary N) is 1. The third-order valence-corrected chi connectivity index (χ3v) is 3.56. The van der Waals surface area contributed by atoms with E-state index in [1.54, 1.807) is 6.07 Å². The Morgan fingerprint density at radius 2 is 1.82 bits per heavy atom. The zero-order chi connectivity index (χ0) is 12.3. The van der Waals surface area contributed by atoms with Gasteiger partial charge in [0.05, 0.1) is 11.3 Å². The fraction of sp³-hybridized carbons (Fsp3) is 0. The number of nitriles is 1. The highest BCUT2D eigenvalue weighted by molar-refractivity contribution is 7.99. The molecule has 84 valence electrons. The second kappa shape index (κ2) is 5.13. The van der Waals surface area contributed by atoms with Crippen LogP contribution in [-0.2, 0) is 0 Å². The molecule has 0 spiro atoms. The van der Waals surface area contributed by atoms with Crippen LogP contribution in [0.3, 0.4) is 0 Å². The highest BCUT2D eigenvalue weighted by atomic mass is 35.5. The smallest absolute Gasteiger partial charge is 0.101 e. The second-order valence-corrected chi connectivity index (χ2v) is 4.94. The molecule has 0 unspecified atom stereocenters. The van der Waals surface area contributed by atoms with Gasteiger partial charge in [-0.2, -0.15) is 5.26 Å². The first-order valence-electron chi connectivity index (χ1n) is 4.92. The highest BCUT2D eigenvalue weighted by Crippen LogP contribution is 2.33. The lowest BCUT2D eigenvalue weighted by Crippen LogP contribution is -1.92. The van der Waals surface area contributed by atoms with Gasteiger partial charge >= 0.3 is 0 Å². The first-order valence-corrected chi connectivity index (χ1v) is 6.12. The number of hydrogen-bond donors (Lipinski definition) is 1. The number of nitrogen functional groups attached to an aromatic ring is 1. The Morgan fingerprint density at radius 1 is 1.12 bits per heavy atom. The zero-order valence-corrected chi connectivity index (χ0v) is 10.4. The molecule has 4 heteroatoms. The molecule has 17 heavy (non-hydrogen) atoms. The summed E-state index contributed by atoms with van der Waals surface area (Å²) in [4.78, 5) is 1.92. The molecule has 2 aromatic carbocycles. The van der Waals surface area contributed by atoms with E-state index in [0.717, 1.165) is 9.79 Å². The third kappa shape index (κ3) is 2.73. The Morgan fingerprint density at radius 3 is 2.47 bits per heavy atom. The molecule has 2 nitrogen and oxygen atoms in total. The number of halogens is 1. The van der Waals surface area contributed by atoms with E-state index in [-0.39, 0.29) is 0 Å². The molecule has 0 aliphatic heterocycles. The van der Waals surface area contributed by atoms with Gasteiger partial charge in [0.25, 0.3) is 0 Å². The minimum atomic E-state index is 0.504. The molecule has 0 radical (unpaired) electrons. The molecule has 0 aliphatic rings. The first-order chi connectivity index (χ1) is 8.20. The van der Waals surface area contributed by atoms with Gasteiger partial charge in [0.1, 0.15) is 6.07 Å². The van der Waals surface area contributed by atoms with E-state index in [0.29, 0.717) is 16.3 Å². The minimum Gasteiger partial charge on any atom is -0.397 e. The van der Waals surface area contributed by atoms with Crippen molar-refractivity contribution in [3.63, 3.8) is 0 Å². The number of anilines is 1. The molecule has 2 aromatic rings. The number of para-hydroxylation sites is 1. The zero-order valence-electron chi connectivity index (χ0n) is 8.85. The van der Waals surface area contributed by atoms with Gasteiger partial charge in [-0.1, -0.05) is 29.4 Å². The number of rotatable bonds is 2. The summed E-state index contributed by atoms with van der Waals surface area (Å²) in [6, 6.07) is 15.0. The van der Waals surface area contributed by atoms with Crippen LogP contribution in [0.1, 0.15) is 5.56 Å². The van der Waals surface area contributed by atoms with Crippen LogP contribution < -0.4 is 5.73 Å². The lowest BCUT2D eigenvalue weighted by Gasteiger charge is -2.06. The molecule has 0 amide bonds. The third-order valence-electron chi connectivity index (χ3n) is 2.23. The van der Waals surface area contributed by atoms with E-state index in [9.17, 15) is 0 Å². The van der Waals surface area contributed by atoms with Crippen LogP contribution in [0.5, 0.6) is 0 Å². The summed E-state index contributed by atoms with van der Waals surface area (Å²) in [6.45, 7) is 0. The Labute approximate surface area is 109 Å². The number of hydrogen-bond acceptors (Lipinski definition) is 3. The molecule has 2 rings (SSSR count). The van der Waals surface area contributed by atoms with E-state index in [1.807, 2.05) is 36.4 Å². The molecular formula is C13H9ClN2S. The van der Waals surface area contributed by atoms with E-state index in [2.05, 4.69) is 6.07 Å².